The highest BCUT2D eigenvalue weighted by molar-refractivity contribution is 5.92. The van der Waals surface area contributed by atoms with Gasteiger partial charge in [-0.05, 0) is 43.5 Å². The fraction of sp³-hybridized carbons (Fsp3) is 0.500. The van der Waals surface area contributed by atoms with Crippen molar-refractivity contribution in [3.8, 4) is 0 Å². The number of nitrogens with one attached hydrogen (secondary N) is 1. The van der Waals surface area contributed by atoms with Crippen LogP contribution >= 0.6 is 0 Å². The lowest BCUT2D eigenvalue weighted by molar-refractivity contribution is 0.0637. The van der Waals surface area contributed by atoms with E-state index in [0.717, 1.165) is 49.7 Å². The third-order valence-electron chi connectivity index (χ3n) is 5.34. The summed E-state index contributed by atoms with van der Waals surface area (Å²) >= 11 is 0. The highest BCUT2D eigenvalue weighted by Gasteiger charge is 2.23. The molecule has 1 aromatic heterocycles. The fourth-order valence-corrected chi connectivity index (χ4v) is 3.62. The van der Waals surface area contributed by atoms with Crippen molar-refractivity contribution in [1.29, 1.82) is 0 Å². The molecule has 28 heavy (non-hydrogen) atoms. The lowest BCUT2D eigenvalue weighted by atomic mass is 9.98. The molecule has 150 valence electrons. The van der Waals surface area contributed by atoms with Crippen molar-refractivity contribution in [1.82, 2.24) is 19.8 Å². The fourth-order valence-electron chi connectivity index (χ4n) is 3.62. The van der Waals surface area contributed by atoms with Crippen LogP contribution in [0.15, 0.2) is 24.3 Å². The minimum absolute atomic E-state index is 0.0156. The standard InChI is InChI=1S/C22H31N5O/c1-6-26-10-12-27(13-11-26)21(28)19-14-17(5)23-22(24-19)25-20-16(4)8-7-9-18(20)15(2)3/h7-9,14-15H,6,10-13H2,1-5H3,(H,23,24,25). The maximum Gasteiger partial charge on any atom is 0.272 e. The van der Waals surface area contributed by atoms with Gasteiger partial charge < -0.3 is 15.1 Å². The predicted octanol–water partition coefficient (Wildman–Crippen LogP) is 3.74. The molecule has 0 radical (unpaired) electrons. The average molecular weight is 382 g/mol. The van der Waals surface area contributed by atoms with Crippen molar-refractivity contribution < 1.29 is 4.79 Å². The van der Waals surface area contributed by atoms with Crippen LogP contribution < -0.4 is 5.32 Å². The summed E-state index contributed by atoms with van der Waals surface area (Å²) in [6.07, 6.45) is 0. The molecule has 3 rings (SSSR count). The smallest absolute Gasteiger partial charge is 0.272 e. The molecule has 1 saturated heterocycles. The molecule has 0 spiro atoms. The van der Waals surface area contributed by atoms with Crippen molar-refractivity contribution >= 4 is 17.5 Å². The largest absolute Gasteiger partial charge is 0.335 e. The zero-order valence-electron chi connectivity index (χ0n) is 17.6. The molecular formula is C22H31N5O. The van der Waals surface area contributed by atoms with Gasteiger partial charge >= 0.3 is 0 Å². The molecule has 1 fully saturated rings. The normalized spacial score (nSPS) is 15.1. The van der Waals surface area contributed by atoms with E-state index >= 15 is 0 Å². The Morgan fingerprint density at radius 2 is 1.86 bits per heavy atom. The maximum absolute atomic E-state index is 13.0. The molecule has 0 bridgehead atoms. The Morgan fingerprint density at radius 3 is 2.50 bits per heavy atom. The third kappa shape index (κ3) is 4.50. The van der Waals surface area contributed by atoms with Crippen molar-refractivity contribution in [2.75, 3.05) is 38.0 Å². The Bertz CT molecular complexity index is 841. The summed E-state index contributed by atoms with van der Waals surface area (Å²) in [5, 5.41) is 3.38. The van der Waals surface area contributed by atoms with Crippen molar-refractivity contribution in [2.24, 2.45) is 0 Å². The van der Waals surface area contributed by atoms with E-state index in [-0.39, 0.29) is 5.91 Å². The van der Waals surface area contributed by atoms with Crippen LogP contribution in [0.2, 0.25) is 0 Å². The second-order valence-corrected chi connectivity index (χ2v) is 7.76. The third-order valence-corrected chi connectivity index (χ3v) is 5.34. The molecule has 1 amide bonds. The Labute approximate surface area is 168 Å². The van der Waals surface area contributed by atoms with Crippen LogP contribution in [0.25, 0.3) is 0 Å². The first-order valence-corrected chi connectivity index (χ1v) is 10.1. The lowest BCUT2D eigenvalue weighted by Crippen LogP contribution is -2.48. The van der Waals surface area contributed by atoms with Crippen molar-refractivity contribution in [3.63, 3.8) is 0 Å². The summed E-state index contributed by atoms with van der Waals surface area (Å²) in [6.45, 7) is 14.8. The number of carbonyl (C=O) groups excluding carboxylic acids is 1. The Hall–Kier alpha value is -2.47. The van der Waals surface area contributed by atoms with Crippen LogP contribution in [0.1, 0.15) is 54.0 Å². The zero-order valence-corrected chi connectivity index (χ0v) is 17.6. The first-order valence-electron chi connectivity index (χ1n) is 10.1. The number of hydrogen-bond donors (Lipinski definition) is 1. The van der Waals surface area contributed by atoms with Gasteiger partial charge in [0.05, 0.1) is 0 Å². The number of piperazine rings is 1. The number of amides is 1. The number of hydrogen-bond acceptors (Lipinski definition) is 5. The minimum atomic E-state index is -0.0156. The maximum atomic E-state index is 13.0. The van der Waals surface area contributed by atoms with Gasteiger partial charge in [-0.3, -0.25) is 4.79 Å². The lowest BCUT2D eigenvalue weighted by Gasteiger charge is -2.33. The number of aryl methyl sites for hydroxylation is 2. The Morgan fingerprint density at radius 1 is 1.14 bits per heavy atom. The number of benzene rings is 1. The quantitative estimate of drug-likeness (QED) is 0.855. The SMILES string of the molecule is CCN1CCN(C(=O)c2cc(C)nc(Nc3c(C)cccc3C(C)C)n2)CC1. The van der Waals surface area contributed by atoms with Crippen LogP contribution in [0.5, 0.6) is 0 Å². The second kappa shape index (κ2) is 8.69. The van der Waals surface area contributed by atoms with Crippen LogP contribution in [0.4, 0.5) is 11.6 Å². The summed E-state index contributed by atoms with van der Waals surface area (Å²) < 4.78 is 0. The molecule has 6 nitrogen and oxygen atoms in total. The number of para-hydroxylation sites is 1. The van der Waals surface area contributed by atoms with Crippen LogP contribution in [0, 0.1) is 13.8 Å². The van der Waals surface area contributed by atoms with Gasteiger partial charge in [-0.25, -0.2) is 9.97 Å². The van der Waals surface area contributed by atoms with Crippen LogP contribution in [-0.2, 0) is 0 Å². The molecule has 1 N–H and O–H groups in total. The monoisotopic (exact) mass is 381 g/mol. The van der Waals surface area contributed by atoms with Gasteiger partial charge in [0.2, 0.25) is 5.95 Å². The first-order chi connectivity index (χ1) is 13.4. The highest BCUT2D eigenvalue weighted by atomic mass is 16.2. The number of anilines is 2. The van der Waals surface area contributed by atoms with E-state index < -0.39 is 0 Å². The number of carbonyl (C=O) groups is 1. The molecule has 1 aliphatic rings. The minimum Gasteiger partial charge on any atom is -0.335 e. The topological polar surface area (TPSA) is 61.4 Å². The Balaban J connectivity index is 1.84. The van der Waals surface area contributed by atoms with Gasteiger partial charge in [-0.15, -0.1) is 0 Å². The van der Waals surface area contributed by atoms with Gasteiger partial charge in [0, 0.05) is 37.6 Å². The van der Waals surface area contributed by atoms with Crippen LogP contribution in [0.3, 0.4) is 0 Å². The second-order valence-electron chi connectivity index (χ2n) is 7.76. The number of nitrogens with zero attached hydrogens (tertiary/aromatic N) is 4. The van der Waals surface area contributed by atoms with Gasteiger partial charge in [0.25, 0.3) is 5.91 Å². The van der Waals surface area contributed by atoms with E-state index in [2.05, 4.69) is 66.1 Å². The van der Waals surface area contributed by atoms with Crippen molar-refractivity contribution in [2.45, 2.75) is 40.5 Å². The molecule has 0 aliphatic carbocycles. The molecule has 2 heterocycles. The van der Waals surface area contributed by atoms with Crippen LogP contribution in [-0.4, -0.2) is 58.4 Å². The number of rotatable bonds is 5. The zero-order chi connectivity index (χ0) is 20.3. The molecule has 0 unspecified atom stereocenters. The summed E-state index contributed by atoms with van der Waals surface area (Å²) in [4.78, 5) is 26.3. The molecular weight excluding hydrogens is 350 g/mol. The molecule has 6 heteroatoms. The van der Waals surface area contributed by atoms with E-state index in [4.69, 9.17) is 0 Å². The van der Waals surface area contributed by atoms with Gasteiger partial charge in [0.15, 0.2) is 0 Å². The average Bonchev–Trinajstić information content (AvgIpc) is 2.68. The van der Waals surface area contributed by atoms with Gasteiger partial charge in [-0.2, -0.15) is 0 Å². The molecule has 2 aromatic rings. The summed E-state index contributed by atoms with van der Waals surface area (Å²) in [7, 11) is 0. The predicted molar refractivity (Wildman–Crippen MR) is 113 cm³/mol. The molecule has 0 saturated carbocycles. The Kier molecular flexibility index (Phi) is 6.29. The molecule has 1 aliphatic heterocycles. The van der Waals surface area contributed by atoms with Gasteiger partial charge in [0.1, 0.15) is 5.69 Å². The van der Waals surface area contributed by atoms with E-state index in [1.165, 1.54) is 5.56 Å². The summed E-state index contributed by atoms with van der Waals surface area (Å²) in [5.74, 6) is 0.841. The summed E-state index contributed by atoms with van der Waals surface area (Å²) in [6, 6.07) is 8.04. The van der Waals surface area contributed by atoms with Crippen molar-refractivity contribution in [3.05, 3.63) is 46.8 Å². The summed E-state index contributed by atoms with van der Waals surface area (Å²) in [5.41, 5.74) is 4.62. The van der Waals surface area contributed by atoms with E-state index in [0.29, 0.717) is 17.6 Å². The van der Waals surface area contributed by atoms with Gasteiger partial charge in [-0.1, -0.05) is 39.0 Å². The number of aromatic nitrogens is 2. The van der Waals surface area contributed by atoms with E-state index in [9.17, 15) is 4.79 Å². The molecule has 1 aromatic carbocycles. The molecule has 0 atom stereocenters. The van der Waals surface area contributed by atoms with E-state index in [1.807, 2.05) is 11.8 Å². The number of likely N-dealkylation sites (N-methyl/N-ethyl adjacent to an activating group) is 1. The highest BCUT2D eigenvalue weighted by Crippen LogP contribution is 2.29. The van der Waals surface area contributed by atoms with E-state index in [1.54, 1.807) is 6.07 Å². The first kappa shape index (κ1) is 20.3.